The molecule has 3 nitrogen and oxygen atoms in total. The van der Waals surface area contributed by atoms with Gasteiger partial charge >= 0.3 is 6.03 Å². The molecule has 104 valence electrons. The Kier molecular flexibility index (Phi) is 4.08. The number of amides is 2. The number of rotatable bonds is 2. The highest BCUT2D eigenvalue weighted by molar-refractivity contribution is 6.00. The molecule has 0 radical (unpaired) electrons. The molecule has 2 rings (SSSR count). The Morgan fingerprint density at radius 1 is 0.850 bits per heavy atom. The van der Waals surface area contributed by atoms with Crippen molar-refractivity contribution in [2.75, 3.05) is 10.6 Å². The summed E-state index contributed by atoms with van der Waals surface area (Å²) in [7, 11) is 0. The van der Waals surface area contributed by atoms with Crippen LogP contribution in [0.4, 0.5) is 16.2 Å². The number of anilines is 2. The SMILES string of the molecule is Cc1ccc(NC(=O)Nc2cccc(C)c2C)cc1C. The summed E-state index contributed by atoms with van der Waals surface area (Å²) < 4.78 is 0. The molecule has 0 saturated heterocycles. The molecule has 2 amide bonds. The molecule has 20 heavy (non-hydrogen) atoms. The third-order valence-corrected chi connectivity index (χ3v) is 3.62. The quantitative estimate of drug-likeness (QED) is 0.823. The molecule has 0 aliphatic carbocycles. The molecule has 0 unspecified atom stereocenters. The van der Waals surface area contributed by atoms with E-state index in [1.54, 1.807) is 0 Å². The topological polar surface area (TPSA) is 41.1 Å². The van der Waals surface area contributed by atoms with Gasteiger partial charge in [-0.25, -0.2) is 4.79 Å². The minimum Gasteiger partial charge on any atom is -0.308 e. The maximum Gasteiger partial charge on any atom is 0.323 e. The van der Waals surface area contributed by atoms with Crippen LogP contribution in [0.25, 0.3) is 0 Å². The summed E-state index contributed by atoms with van der Waals surface area (Å²) in [5, 5.41) is 5.74. The van der Waals surface area contributed by atoms with Crippen LogP contribution in [-0.2, 0) is 0 Å². The average Bonchev–Trinajstić information content (AvgIpc) is 2.39. The van der Waals surface area contributed by atoms with E-state index in [0.29, 0.717) is 0 Å². The van der Waals surface area contributed by atoms with Gasteiger partial charge in [0.05, 0.1) is 0 Å². The Hall–Kier alpha value is -2.29. The van der Waals surface area contributed by atoms with Crippen LogP contribution in [-0.4, -0.2) is 6.03 Å². The third kappa shape index (κ3) is 3.18. The minimum absolute atomic E-state index is 0.220. The molecule has 0 aliphatic heterocycles. The van der Waals surface area contributed by atoms with E-state index < -0.39 is 0 Å². The van der Waals surface area contributed by atoms with Gasteiger partial charge in [0.1, 0.15) is 0 Å². The zero-order valence-electron chi connectivity index (χ0n) is 12.4. The molecule has 0 atom stereocenters. The molecule has 0 heterocycles. The Bertz CT molecular complexity index is 647. The van der Waals surface area contributed by atoms with E-state index in [1.807, 2.05) is 57.2 Å². The molecule has 0 spiro atoms. The fraction of sp³-hybridized carbons (Fsp3) is 0.235. The van der Waals surface area contributed by atoms with Gasteiger partial charge in [0.2, 0.25) is 0 Å². The summed E-state index contributed by atoms with van der Waals surface area (Å²) >= 11 is 0. The van der Waals surface area contributed by atoms with Crippen LogP contribution in [0.1, 0.15) is 22.3 Å². The van der Waals surface area contributed by atoms with Crippen LogP contribution >= 0.6 is 0 Å². The van der Waals surface area contributed by atoms with E-state index >= 15 is 0 Å². The third-order valence-electron chi connectivity index (χ3n) is 3.62. The Morgan fingerprint density at radius 2 is 1.60 bits per heavy atom. The maximum atomic E-state index is 12.0. The molecule has 2 N–H and O–H groups in total. The standard InChI is InChI=1S/C17H20N2O/c1-11-8-9-15(10-13(11)3)18-17(20)19-16-7-5-6-12(2)14(16)4/h5-10H,1-4H3,(H2,18,19,20). The Balaban J connectivity index is 2.09. The van der Waals surface area contributed by atoms with E-state index in [1.165, 1.54) is 5.56 Å². The maximum absolute atomic E-state index is 12.0. The highest BCUT2D eigenvalue weighted by Crippen LogP contribution is 2.19. The van der Waals surface area contributed by atoms with Gasteiger partial charge in [-0.3, -0.25) is 0 Å². The summed E-state index contributed by atoms with van der Waals surface area (Å²) in [4.78, 5) is 12.0. The lowest BCUT2D eigenvalue weighted by Crippen LogP contribution is -2.20. The van der Waals surface area contributed by atoms with Gasteiger partial charge in [-0.2, -0.15) is 0 Å². The summed E-state index contributed by atoms with van der Waals surface area (Å²) in [6, 6.07) is 11.5. The van der Waals surface area contributed by atoms with E-state index in [2.05, 4.69) is 17.6 Å². The van der Waals surface area contributed by atoms with Gasteiger partial charge in [-0.05, 0) is 68.1 Å². The summed E-state index contributed by atoms with van der Waals surface area (Å²) in [5.74, 6) is 0. The van der Waals surface area contributed by atoms with Crippen LogP contribution < -0.4 is 10.6 Å². The van der Waals surface area contributed by atoms with E-state index in [4.69, 9.17) is 0 Å². The zero-order chi connectivity index (χ0) is 14.7. The van der Waals surface area contributed by atoms with Crippen molar-refractivity contribution in [3.8, 4) is 0 Å². The molecule has 2 aromatic rings. The van der Waals surface area contributed by atoms with Crippen LogP contribution in [0, 0.1) is 27.7 Å². The molecule has 0 saturated carbocycles. The second-order valence-corrected chi connectivity index (χ2v) is 5.13. The van der Waals surface area contributed by atoms with Gasteiger partial charge in [0.15, 0.2) is 0 Å². The van der Waals surface area contributed by atoms with Crippen molar-refractivity contribution in [3.63, 3.8) is 0 Å². The summed E-state index contributed by atoms with van der Waals surface area (Å²) in [6.07, 6.45) is 0. The van der Waals surface area contributed by atoms with E-state index in [9.17, 15) is 4.79 Å². The normalized spacial score (nSPS) is 10.2. The van der Waals surface area contributed by atoms with Crippen molar-refractivity contribution in [3.05, 3.63) is 58.7 Å². The second kappa shape index (κ2) is 5.78. The average molecular weight is 268 g/mol. The highest BCUT2D eigenvalue weighted by Gasteiger charge is 2.06. The van der Waals surface area contributed by atoms with Crippen molar-refractivity contribution < 1.29 is 4.79 Å². The van der Waals surface area contributed by atoms with Crippen LogP contribution in [0.3, 0.4) is 0 Å². The molecule has 2 aromatic carbocycles. The predicted octanol–water partition coefficient (Wildman–Crippen LogP) is 4.56. The van der Waals surface area contributed by atoms with Gasteiger partial charge < -0.3 is 10.6 Å². The smallest absolute Gasteiger partial charge is 0.308 e. The van der Waals surface area contributed by atoms with E-state index in [0.717, 1.165) is 28.1 Å². The Labute approximate surface area is 120 Å². The van der Waals surface area contributed by atoms with Crippen molar-refractivity contribution in [2.45, 2.75) is 27.7 Å². The van der Waals surface area contributed by atoms with Crippen LogP contribution in [0.2, 0.25) is 0 Å². The highest BCUT2D eigenvalue weighted by atomic mass is 16.2. The van der Waals surface area contributed by atoms with Gasteiger partial charge in [-0.1, -0.05) is 18.2 Å². The van der Waals surface area contributed by atoms with Crippen LogP contribution in [0.15, 0.2) is 36.4 Å². The van der Waals surface area contributed by atoms with Crippen molar-refractivity contribution in [1.82, 2.24) is 0 Å². The van der Waals surface area contributed by atoms with Crippen molar-refractivity contribution in [1.29, 1.82) is 0 Å². The number of urea groups is 1. The first-order chi connectivity index (χ1) is 9.47. The first-order valence-corrected chi connectivity index (χ1v) is 6.69. The largest absolute Gasteiger partial charge is 0.323 e. The lowest BCUT2D eigenvalue weighted by Gasteiger charge is -2.12. The second-order valence-electron chi connectivity index (χ2n) is 5.13. The van der Waals surface area contributed by atoms with Gasteiger partial charge in [-0.15, -0.1) is 0 Å². The van der Waals surface area contributed by atoms with Crippen molar-refractivity contribution in [2.24, 2.45) is 0 Å². The number of benzene rings is 2. The number of carbonyl (C=O) groups is 1. The van der Waals surface area contributed by atoms with Gasteiger partial charge in [0.25, 0.3) is 0 Å². The lowest BCUT2D eigenvalue weighted by molar-refractivity contribution is 0.262. The zero-order valence-corrected chi connectivity index (χ0v) is 12.4. The van der Waals surface area contributed by atoms with Crippen molar-refractivity contribution >= 4 is 17.4 Å². The monoisotopic (exact) mass is 268 g/mol. The molecule has 0 fully saturated rings. The Morgan fingerprint density at radius 3 is 2.30 bits per heavy atom. The fourth-order valence-corrected chi connectivity index (χ4v) is 1.99. The molecule has 0 aromatic heterocycles. The summed E-state index contributed by atoms with van der Waals surface area (Å²) in [6.45, 7) is 8.11. The van der Waals surface area contributed by atoms with Gasteiger partial charge in [0, 0.05) is 11.4 Å². The molecular formula is C17H20N2O. The number of aryl methyl sites for hydroxylation is 3. The molecule has 0 bridgehead atoms. The molecular weight excluding hydrogens is 248 g/mol. The lowest BCUT2D eigenvalue weighted by atomic mass is 10.1. The number of hydrogen-bond acceptors (Lipinski definition) is 1. The van der Waals surface area contributed by atoms with E-state index in [-0.39, 0.29) is 6.03 Å². The predicted molar refractivity (Wildman–Crippen MR) is 84.5 cm³/mol. The number of hydrogen-bond donors (Lipinski definition) is 2. The fourth-order valence-electron chi connectivity index (χ4n) is 1.99. The number of nitrogens with one attached hydrogen (secondary N) is 2. The first kappa shape index (κ1) is 14.1. The molecule has 3 heteroatoms. The van der Waals surface area contributed by atoms with Crippen LogP contribution in [0.5, 0.6) is 0 Å². The summed E-state index contributed by atoms with van der Waals surface area (Å²) in [5.41, 5.74) is 6.26. The molecule has 0 aliphatic rings. The number of carbonyl (C=O) groups excluding carboxylic acids is 1. The minimum atomic E-state index is -0.220. The first-order valence-electron chi connectivity index (χ1n) is 6.69.